The lowest BCUT2D eigenvalue weighted by molar-refractivity contribution is 0.396. The highest BCUT2D eigenvalue weighted by atomic mass is 19.1. The van der Waals surface area contributed by atoms with Gasteiger partial charge in [0.2, 0.25) is 0 Å². The monoisotopic (exact) mass is 497 g/mol. The summed E-state index contributed by atoms with van der Waals surface area (Å²) in [5.41, 5.74) is 16.0. The molecular formula is C30H32FN5O. The van der Waals surface area contributed by atoms with E-state index < -0.39 is 0 Å². The predicted octanol–water partition coefficient (Wildman–Crippen LogP) is 5.33. The van der Waals surface area contributed by atoms with Gasteiger partial charge >= 0.3 is 0 Å². The van der Waals surface area contributed by atoms with Crippen molar-refractivity contribution >= 4 is 33.7 Å². The Bertz CT molecular complexity index is 1620. The Hall–Kier alpha value is -3.84. The van der Waals surface area contributed by atoms with Gasteiger partial charge in [0.15, 0.2) is 5.43 Å². The topological polar surface area (TPSA) is 75.3 Å². The third-order valence-electron chi connectivity index (χ3n) is 7.56. The minimum absolute atomic E-state index is 0.114. The van der Waals surface area contributed by atoms with Gasteiger partial charge in [-0.3, -0.25) is 4.79 Å². The van der Waals surface area contributed by atoms with Crippen molar-refractivity contribution in [1.82, 2.24) is 9.47 Å². The summed E-state index contributed by atoms with van der Waals surface area (Å²) in [6, 6.07) is 11.7. The van der Waals surface area contributed by atoms with Crippen LogP contribution in [-0.2, 0) is 12.8 Å². The molecule has 0 amide bonds. The molecule has 0 unspecified atom stereocenters. The minimum atomic E-state index is -0.365. The number of nitrogens with zero attached hydrogens (tertiary/aromatic N) is 2. The fraction of sp³-hybridized carbons (Fsp3) is 0.300. The maximum absolute atomic E-state index is 15.5. The Morgan fingerprint density at radius 1 is 1.05 bits per heavy atom. The van der Waals surface area contributed by atoms with Crippen LogP contribution in [0.3, 0.4) is 0 Å². The lowest BCUT2D eigenvalue weighted by Gasteiger charge is -2.29. The molecule has 0 saturated carbocycles. The molecule has 0 fully saturated rings. The molecule has 2 aliphatic rings. The van der Waals surface area contributed by atoms with Gasteiger partial charge in [-0.05, 0) is 93.5 Å². The number of nitrogens with two attached hydrogens (primary N) is 1. The SMILES string of the molecule is Cc1cn2c3c(c(NCCCCN(C)C)c(F)cc3c1=O)Cc1cc3c(cc1-2)Cc1cc(N)ccc1N3. The molecule has 7 heteroatoms. The van der Waals surface area contributed by atoms with Crippen molar-refractivity contribution < 1.29 is 4.39 Å². The molecular weight excluding hydrogens is 465 g/mol. The Kier molecular flexibility index (Phi) is 5.68. The van der Waals surface area contributed by atoms with Gasteiger partial charge in [-0.25, -0.2) is 4.39 Å². The van der Waals surface area contributed by atoms with Crippen molar-refractivity contribution in [3.05, 3.63) is 86.5 Å². The van der Waals surface area contributed by atoms with Gasteiger partial charge in [0, 0.05) is 64.8 Å². The van der Waals surface area contributed by atoms with Crippen LogP contribution in [0.15, 0.2) is 47.4 Å². The average molecular weight is 498 g/mol. The molecule has 6 nitrogen and oxygen atoms in total. The summed E-state index contributed by atoms with van der Waals surface area (Å²) in [5, 5.41) is 7.37. The van der Waals surface area contributed by atoms with Gasteiger partial charge in [-0.15, -0.1) is 0 Å². The van der Waals surface area contributed by atoms with Crippen molar-refractivity contribution in [3.63, 3.8) is 0 Å². The Labute approximate surface area is 215 Å². The van der Waals surface area contributed by atoms with Gasteiger partial charge in [0.25, 0.3) is 0 Å². The van der Waals surface area contributed by atoms with Crippen LogP contribution in [0.1, 0.15) is 40.7 Å². The van der Waals surface area contributed by atoms with Crippen LogP contribution in [0.25, 0.3) is 16.6 Å². The zero-order chi connectivity index (χ0) is 25.8. The van der Waals surface area contributed by atoms with Crippen LogP contribution < -0.4 is 21.8 Å². The highest BCUT2D eigenvalue weighted by Crippen LogP contribution is 2.42. The number of nitrogens with one attached hydrogen (secondary N) is 2. The van der Waals surface area contributed by atoms with Crippen LogP contribution in [0.4, 0.5) is 27.1 Å². The number of aryl methyl sites for hydroxylation is 1. The van der Waals surface area contributed by atoms with E-state index in [2.05, 4.69) is 46.3 Å². The molecule has 3 aromatic carbocycles. The fourth-order valence-corrected chi connectivity index (χ4v) is 5.72. The van der Waals surface area contributed by atoms with E-state index in [0.29, 0.717) is 29.6 Å². The van der Waals surface area contributed by atoms with Crippen LogP contribution in [0.2, 0.25) is 0 Å². The first-order valence-corrected chi connectivity index (χ1v) is 12.9. The lowest BCUT2D eigenvalue weighted by atomic mass is 9.89. The first kappa shape index (κ1) is 23.6. The molecule has 37 heavy (non-hydrogen) atoms. The number of aromatic nitrogens is 1. The summed E-state index contributed by atoms with van der Waals surface area (Å²) in [7, 11) is 4.11. The number of fused-ring (bicyclic) bond motifs is 4. The molecule has 4 aromatic rings. The summed E-state index contributed by atoms with van der Waals surface area (Å²) in [6.45, 7) is 3.47. The van der Waals surface area contributed by atoms with Crippen LogP contribution >= 0.6 is 0 Å². The second-order valence-electron chi connectivity index (χ2n) is 10.6. The molecule has 2 aliphatic heterocycles. The molecule has 190 valence electrons. The van der Waals surface area contributed by atoms with E-state index in [1.807, 2.05) is 24.4 Å². The molecule has 0 radical (unpaired) electrons. The normalized spacial score (nSPS) is 13.2. The van der Waals surface area contributed by atoms with Crippen molar-refractivity contribution in [2.75, 3.05) is 43.6 Å². The summed E-state index contributed by atoms with van der Waals surface area (Å²) < 4.78 is 17.6. The number of benzene rings is 3. The van der Waals surface area contributed by atoms with E-state index in [4.69, 9.17) is 5.73 Å². The second-order valence-corrected chi connectivity index (χ2v) is 10.6. The second kappa shape index (κ2) is 8.92. The van der Waals surface area contributed by atoms with Crippen LogP contribution in [-0.4, -0.2) is 36.7 Å². The molecule has 4 N–H and O–H groups in total. The molecule has 0 bridgehead atoms. The van der Waals surface area contributed by atoms with E-state index in [-0.39, 0.29) is 11.2 Å². The molecule has 6 rings (SSSR count). The average Bonchev–Trinajstić information content (AvgIpc) is 2.85. The smallest absolute Gasteiger partial charge is 0.192 e. The quantitative estimate of drug-likeness (QED) is 0.214. The number of hydrogen-bond acceptors (Lipinski definition) is 5. The summed E-state index contributed by atoms with van der Waals surface area (Å²) in [6.07, 6.45) is 5.19. The minimum Gasteiger partial charge on any atom is -0.399 e. The maximum Gasteiger partial charge on any atom is 0.192 e. The van der Waals surface area contributed by atoms with Gasteiger partial charge in [0.05, 0.1) is 11.2 Å². The number of rotatable bonds is 6. The van der Waals surface area contributed by atoms with Crippen molar-refractivity contribution in [2.24, 2.45) is 0 Å². The van der Waals surface area contributed by atoms with Gasteiger partial charge in [0.1, 0.15) is 5.82 Å². The van der Waals surface area contributed by atoms with E-state index in [1.165, 1.54) is 11.6 Å². The van der Waals surface area contributed by atoms with E-state index in [9.17, 15) is 4.79 Å². The zero-order valence-electron chi connectivity index (χ0n) is 21.5. The number of unbranched alkanes of at least 4 members (excludes halogenated alkanes) is 1. The fourth-order valence-electron chi connectivity index (χ4n) is 5.72. The van der Waals surface area contributed by atoms with Crippen LogP contribution in [0, 0.1) is 12.7 Å². The molecule has 0 aliphatic carbocycles. The molecule has 1 aromatic heterocycles. The van der Waals surface area contributed by atoms with Crippen molar-refractivity contribution in [2.45, 2.75) is 32.6 Å². The lowest BCUT2D eigenvalue weighted by Crippen LogP contribution is -2.21. The number of anilines is 4. The number of pyridine rings is 1. The first-order chi connectivity index (χ1) is 17.8. The predicted molar refractivity (Wildman–Crippen MR) is 150 cm³/mol. The highest BCUT2D eigenvalue weighted by Gasteiger charge is 2.27. The van der Waals surface area contributed by atoms with Crippen molar-refractivity contribution in [1.29, 1.82) is 0 Å². The number of nitrogen functional groups attached to an aromatic ring is 1. The van der Waals surface area contributed by atoms with E-state index >= 15 is 4.39 Å². The molecule has 3 heterocycles. The maximum atomic E-state index is 15.5. The Morgan fingerprint density at radius 2 is 1.86 bits per heavy atom. The standard InChI is InChI=1S/C30H32FN5O/c1-17-16-36-27-14-19-10-18-11-21(32)6-7-25(18)34-26(19)13-20(27)12-22-28(33-8-4-5-9-35(2)3)24(31)15-23(29(22)36)30(17)37/h6-7,11,13-16,33-34H,4-5,8-10,12,32H2,1-3H3. The molecule has 0 atom stereocenters. The van der Waals surface area contributed by atoms with Crippen molar-refractivity contribution in [3.8, 4) is 5.69 Å². The third-order valence-corrected chi connectivity index (χ3v) is 7.56. The number of hydrogen-bond donors (Lipinski definition) is 3. The third kappa shape index (κ3) is 4.03. The largest absolute Gasteiger partial charge is 0.399 e. The van der Waals surface area contributed by atoms with Crippen LogP contribution in [0.5, 0.6) is 0 Å². The Morgan fingerprint density at radius 3 is 2.68 bits per heavy atom. The zero-order valence-corrected chi connectivity index (χ0v) is 21.5. The Balaban J connectivity index is 1.46. The molecule has 0 spiro atoms. The van der Waals surface area contributed by atoms with E-state index in [1.54, 1.807) is 6.92 Å². The van der Waals surface area contributed by atoms with Gasteiger partial charge in [-0.2, -0.15) is 0 Å². The summed E-state index contributed by atoms with van der Waals surface area (Å²) in [4.78, 5) is 15.2. The summed E-state index contributed by atoms with van der Waals surface area (Å²) >= 11 is 0. The van der Waals surface area contributed by atoms with Gasteiger partial charge < -0.3 is 25.8 Å². The van der Waals surface area contributed by atoms with Gasteiger partial charge in [-0.1, -0.05) is 0 Å². The number of halogens is 1. The first-order valence-electron chi connectivity index (χ1n) is 12.9. The summed E-state index contributed by atoms with van der Waals surface area (Å²) in [5.74, 6) is -0.365. The highest BCUT2D eigenvalue weighted by molar-refractivity contribution is 5.92. The van der Waals surface area contributed by atoms with E-state index in [0.717, 1.165) is 70.8 Å². The molecule has 0 saturated heterocycles.